The van der Waals surface area contributed by atoms with Crippen molar-refractivity contribution in [1.29, 1.82) is 0 Å². The average molecular weight is 516 g/mol. The molecule has 1 amide bonds. The molecule has 0 unspecified atom stereocenters. The van der Waals surface area contributed by atoms with Crippen molar-refractivity contribution in [2.45, 2.75) is 27.0 Å². The molecule has 2 heterocycles. The summed E-state index contributed by atoms with van der Waals surface area (Å²) in [4.78, 5) is 12.9. The first-order valence-electron chi connectivity index (χ1n) is 9.82. The Kier molecular flexibility index (Phi) is 6.62. The predicted molar refractivity (Wildman–Crippen MR) is 125 cm³/mol. The molecule has 4 rings (SSSR count). The molecule has 0 aliphatic rings. The molecule has 0 atom stereocenters. The number of ether oxygens (including phenoxy) is 1. The molecule has 7 nitrogen and oxygen atoms in total. The van der Waals surface area contributed by atoms with Crippen LogP contribution in [-0.4, -0.2) is 20.8 Å². The molecule has 9 heteroatoms. The van der Waals surface area contributed by atoms with Gasteiger partial charge in [-0.25, -0.2) is 0 Å². The number of hydrogen-bond donors (Lipinski definition) is 1. The van der Waals surface area contributed by atoms with Crippen molar-refractivity contribution in [3.63, 3.8) is 0 Å². The maximum Gasteiger partial charge on any atom is 0.279 e. The van der Waals surface area contributed by atoms with Crippen LogP contribution in [0.5, 0.6) is 5.75 Å². The van der Waals surface area contributed by atoms with Crippen molar-refractivity contribution in [1.82, 2.24) is 14.9 Å². The van der Waals surface area contributed by atoms with E-state index in [1.54, 1.807) is 17.8 Å². The molecule has 0 bridgehead atoms. The first-order chi connectivity index (χ1) is 15.4. The number of anilines is 1. The fraction of sp³-hybridized carbons (Fsp3) is 0.174. The Morgan fingerprint density at radius 1 is 1.22 bits per heavy atom. The summed E-state index contributed by atoms with van der Waals surface area (Å²) in [7, 11) is 0. The summed E-state index contributed by atoms with van der Waals surface area (Å²) < 4.78 is 13.7. The van der Waals surface area contributed by atoms with E-state index in [2.05, 4.69) is 31.5 Å². The largest absolute Gasteiger partial charge is 0.489 e. The fourth-order valence-corrected chi connectivity index (χ4v) is 3.57. The van der Waals surface area contributed by atoms with Gasteiger partial charge in [-0.2, -0.15) is 5.10 Å². The maximum atomic E-state index is 12.9. The van der Waals surface area contributed by atoms with Gasteiger partial charge in [0.25, 0.3) is 5.91 Å². The Bertz CT molecular complexity index is 1250. The van der Waals surface area contributed by atoms with E-state index in [0.717, 1.165) is 15.6 Å². The third kappa shape index (κ3) is 5.20. The van der Waals surface area contributed by atoms with Gasteiger partial charge in [-0.3, -0.25) is 9.48 Å². The molecular weight excluding hydrogens is 496 g/mol. The molecule has 0 aliphatic heterocycles. The van der Waals surface area contributed by atoms with Crippen molar-refractivity contribution in [2.24, 2.45) is 0 Å². The van der Waals surface area contributed by atoms with Crippen LogP contribution >= 0.6 is 27.5 Å². The van der Waals surface area contributed by atoms with Crippen LogP contribution in [0.15, 0.2) is 63.7 Å². The van der Waals surface area contributed by atoms with Crippen LogP contribution in [0.3, 0.4) is 0 Å². The normalized spacial score (nSPS) is 10.9. The molecule has 4 aromatic rings. The van der Waals surface area contributed by atoms with Crippen LogP contribution in [0.25, 0.3) is 0 Å². The number of amides is 1. The van der Waals surface area contributed by atoms with E-state index < -0.39 is 5.91 Å². The number of aromatic nitrogens is 3. The van der Waals surface area contributed by atoms with Crippen molar-refractivity contribution < 1.29 is 14.1 Å². The lowest BCUT2D eigenvalue weighted by molar-refractivity contribution is 0.101. The zero-order chi connectivity index (χ0) is 22.7. The van der Waals surface area contributed by atoms with Gasteiger partial charge in [0, 0.05) is 10.7 Å². The predicted octanol–water partition coefficient (Wildman–Crippen LogP) is 5.78. The van der Waals surface area contributed by atoms with E-state index in [4.69, 9.17) is 20.9 Å². The number of halogens is 2. The van der Waals surface area contributed by atoms with Gasteiger partial charge in [-0.05, 0) is 49.2 Å². The summed E-state index contributed by atoms with van der Waals surface area (Å²) in [5.74, 6) is 0.988. The zero-order valence-electron chi connectivity index (χ0n) is 17.4. The molecular formula is C23H20BrClN4O3. The lowest BCUT2D eigenvalue weighted by atomic mass is 10.2. The van der Waals surface area contributed by atoms with Gasteiger partial charge >= 0.3 is 0 Å². The summed E-state index contributed by atoms with van der Waals surface area (Å²) in [5.41, 5.74) is 2.83. The third-order valence-electron chi connectivity index (χ3n) is 4.78. The van der Waals surface area contributed by atoms with Crippen LogP contribution in [0.4, 0.5) is 5.82 Å². The lowest BCUT2D eigenvalue weighted by Crippen LogP contribution is -2.16. The highest BCUT2D eigenvalue weighted by Crippen LogP contribution is 2.23. The highest BCUT2D eigenvalue weighted by Gasteiger charge is 2.22. The average Bonchev–Trinajstić information content (AvgIpc) is 3.30. The van der Waals surface area contributed by atoms with E-state index in [9.17, 15) is 4.79 Å². The van der Waals surface area contributed by atoms with Gasteiger partial charge in [-0.15, -0.1) is 0 Å². The number of rotatable bonds is 7. The fourth-order valence-electron chi connectivity index (χ4n) is 3.11. The first-order valence-corrected chi connectivity index (χ1v) is 11.0. The molecule has 0 radical (unpaired) electrons. The van der Waals surface area contributed by atoms with Gasteiger partial charge < -0.3 is 14.6 Å². The molecule has 2 aromatic heterocycles. The molecule has 0 saturated carbocycles. The smallest absolute Gasteiger partial charge is 0.279 e. The van der Waals surface area contributed by atoms with Crippen LogP contribution in [0, 0.1) is 13.8 Å². The van der Waals surface area contributed by atoms with Gasteiger partial charge in [0.15, 0.2) is 11.5 Å². The second kappa shape index (κ2) is 9.58. The second-order valence-electron chi connectivity index (χ2n) is 7.27. The van der Waals surface area contributed by atoms with E-state index >= 15 is 0 Å². The van der Waals surface area contributed by atoms with Crippen LogP contribution in [0.1, 0.15) is 32.9 Å². The number of nitrogens with one attached hydrogen (secondary N) is 1. The summed E-state index contributed by atoms with van der Waals surface area (Å²) in [6.07, 6.45) is 1.66. The summed E-state index contributed by atoms with van der Waals surface area (Å²) >= 11 is 9.71. The van der Waals surface area contributed by atoms with Gasteiger partial charge in [0.1, 0.15) is 23.1 Å². The standard InChI is InChI=1S/C23H20BrClN4O3/c1-14-4-3-5-18(10-14)31-13-19-15(2)32-28-21(19)23(30)26-22-20(25)12-29(27-22)11-16-6-8-17(24)9-7-16/h3-10,12H,11,13H2,1-2H3,(H,26,27,30). The van der Waals surface area contributed by atoms with Crippen molar-refractivity contribution >= 4 is 39.3 Å². The highest BCUT2D eigenvalue weighted by molar-refractivity contribution is 9.10. The minimum Gasteiger partial charge on any atom is -0.489 e. The Morgan fingerprint density at radius 3 is 2.75 bits per heavy atom. The number of aryl methyl sites for hydroxylation is 2. The number of carbonyl (C=O) groups excluding carboxylic acids is 1. The summed E-state index contributed by atoms with van der Waals surface area (Å²) in [5, 5.41) is 11.3. The van der Waals surface area contributed by atoms with Crippen molar-refractivity contribution in [3.8, 4) is 5.75 Å². The van der Waals surface area contributed by atoms with Crippen LogP contribution in [0.2, 0.25) is 5.02 Å². The summed E-state index contributed by atoms with van der Waals surface area (Å²) in [6.45, 7) is 4.38. The summed E-state index contributed by atoms with van der Waals surface area (Å²) in [6, 6.07) is 15.5. The van der Waals surface area contributed by atoms with Gasteiger partial charge in [0.2, 0.25) is 0 Å². The molecule has 1 N–H and O–H groups in total. The van der Waals surface area contributed by atoms with Gasteiger partial charge in [0.05, 0.1) is 12.1 Å². The molecule has 0 saturated heterocycles. The monoisotopic (exact) mass is 514 g/mol. The van der Waals surface area contributed by atoms with Crippen LogP contribution < -0.4 is 10.1 Å². The SMILES string of the molecule is Cc1cccc(OCc2c(C(=O)Nc3nn(Cc4ccc(Br)cc4)cc3Cl)noc2C)c1. The Morgan fingerprint density at radius 2 is 2.00 bits per heavy atom. The Hall–Kier alpha value is -3.10. The lowest BCUT2D eigenvalue weighted by Gasteiger charge is -2.07. The molecule has 164 valence electrons. The van der Waals surface area contributed by atoms with Crippen molar-refractivity contribution in [3.05, 3.63) is 92.4 Å². The van der Waals surface area contributed by atoms with Crippen LogP contribution in [-0.2, 0) is 13.2 Å². The Balaban J connectivity index is 1.46. The first kappa shape index (κ1) is 22.1. The number of nitrogens with zero attached hydrogens (tertiary/aromatic N) is 3. The van der Waals surface area contributed by atoms with E-state index in [1.165, 1.54) is 0 Å². The second-order valence-corrected chi connectivity index (χ2v) is 8.60. The molecule has 0 fully saturated rings. The molecule has 2 aromatic carbocycles. The maximum absolute atomic E-state index is 12.9. The molecule has 0 aliphatic carbocycles. The number of carbonyl (C=O) groups is 1. The minimum absolute atomic E-state index is 0.133. The van der Waals surface area contributed by atoms with Gasteiger partial charge in [-0.1, -0.05) is 57.0 Å². The molecule has 0 spiro atoms. The minimum atomic E-state index is -0.472. The highest BCUT2D eigenvalue weighted by atomic mass is 79.9. The van der Waals surface area contributed by atoms with E-state index in [1.807, 2.05) is 55.5 Å². The zero-order valence-corrected chi connectivity index (χ0v) is 19.8. The van der Waals surface area contributed by atoms with E-state index in [0.29, 0.717) is 28.6 Å². The third-order valence-corrected chi connectivity index (χ3v) is 5.58. The van der Waals surface area contributed by atoms with E-state index in [-0.39, 0.29) is 18.1 Å². The number of benzene rings is 2. The quantitative estimate of drug-likeness (QED) is 0.337. The molecule has 32 heavy (non-hydrogen) atoms. The van der Waals surface area contributed by atoms with Crippen molar-refractivity contribution in [2.75, 3.05) is 5.32 Å². The Labute approximate surface area is 198 Å². The topological polar surface area (TPSA) is 82.2 Å². The number of hydrogen-bond acceptors (Lipinski definition) is 5.